The first-order valence-electron chi connectivity index (χ1n) is 9.79. The van der Waals surface area contributed by atoms with E-state index < -0.39 is 0 Å². The first kappa shape index (κ1) is 20.1. The number of hydrogen-bond donors (Lipinski definition) is 0. The number of hydrogen-bond acceptors (Lipinski definition) is 5. The van der Waals surface area contributed by atoms with E-state index in [1.165, 1.54) is 0 Å². The molecular weight excluding hydrogens is 435 g/mol. The molecule has 3 heterocycles. The summed E-state index contributed by atoms with van der Waals surface area (Å²) in [6.45, 7) is 3.78. The minimum atomic E-state index is -0.156. The smallest absolute Gasteiger partial charge is 0.231 e. The van der Waals surface area contributed by atoms with E-state index in [1.807, 2.05) is 31.3 Å². The van der Waals surface area contributed by atoms with Crippen molar-refractivity contribution in [2.24, 2.45) is 0 Å². The Morgan fingerprint density at radius 1 is 1.16 bits per heavy atom. The maximum absolute atomic E-state index is 13.0. The lowest BCUT2D eigenvalue weighted by Gasteiger charge is -2.30. The van der Waals surface area contributed by atoms with E-state index >= 15 is 0 Å². The topological polar surface area (TPSA) is 51.7 Å². The van der Waals surface area contributed by atoms with Crippen molar-refractivity contribution in [3.8, 4) is 11.5 Å². The molecule has 0 saturated carbocycles. The fourth-order valence-electron chi connectivity index (χ4n) is 3.90. The van der Waals surface area contributed by atoms with Crippen molar-refractivity contribution in [1.29, 1.82) is 0 Å². The molecule has 0 unspecified atom stereocenters. The largest absolute Gasteiger partial charge is 0.477 e. The van der Waals surface area contributed by atoms with Gasteiger partial charge in [0.05, 0.1) is 15.6 Å². The normalized spacial score (nSPS) is 16.6. The zero-order chi connectivity index (χ0) is 21.5. The SMILES string of the molecule is Cc1c2c(cc3c1O/C(=C\c1ccc(Cl)c(Cl)c1)C3=O)CN(Cc1cccnc1)CO2. The molecule has 0 N–H and O–H groups in total. The number of fused-ring (bicyclic) bond motifs is 2. The molecule has 0 bridgehead atoms. The second-order valence-electron chi connectivity index (χ2n) is 7.60. The Kier molecular flexibility index (Phi) is 5.18. The number of benzene rings is 2. The number of pyridine rings is 1. The van der Waals surface area contributed by atoms with E-state index in [-0.39, 0.29) is 11.5 Å². The molecule has 2 aromatic carbocycles. The van der Waals surface area contributed by atoms with Crippen LogP contribution in [0, 0.1) is 6.92 Å². The van der Waals surface area contributed by atoms with Crippen LogP contribution in [-0.4, -0.2) is 22.4 Å². The van der Waals surface area contributed by atoms with Gasteiger partial charge in [0.2, 0.25) is 5.78 Å². The summed E-state index contributed by atoms with van der Waals surface area (Å²) in [5.41, 5.74) is 4.21. The molecule has 2 aliphatic heterocycles. The number of allylic oxidation sites excluding steroid dienone is 1. The third kappa shape index (κ3) is 3.81. The summed E-state index contributed by atoms with van der Waals surface area (Å²) in [6.07, 6.45) is 5.28. The number of carbonyl (C=O) groups excluding carboxylic acids is 1. The predicted octanol–water partition coefficient (Wildman–Crippen LogP) is 5.67. The number of ketones is 1. The molecule has 1 aromatic heterocycles. The molecule has 0 amide bonds. The van der Waals surface area contributed by atoms with Crippen LogP contribution in [-0.2, 0) is 13.1 Å². The second kappa shape index (κ2) is 8.00. The van der Waals surface area contributed by atoms with Crippen LogP contribution in [0.2, 0.25) is 10.0 Å². The van der Waals surface area contributed by atoms with Crippen LogP contribution in [0.4, 0.5) is 0 Å². The van der Waals surface area contributed by atoms with Crippen molar-refractivity contribution in [3.05, 3.63) is 92.4 Å². The van der Waals surface area contributed by atoms with Crippen LogP contribution in [0.15, 0.2) is 54.6 Å². The van der Waals surface area contributed by atoms with Gasteiger partial charge in [0, 0.05) is 36.6 Å². The van der Waals surface area contributed by atoms with Gasteiger partial charge in [0.15, 0.2) is 5.76 Å². The van der Waals surface area contributed by atoms with E-state index in [9.17, 15) is 4.79 Å². The minimum absolute atomic E-state index is 0.156. The molecule has 5 nitrogen and oxygen atoms in total. The van der Waals surface area contributed by atoms with E-state index in [0.29, 0.717) is 34.6 Å². The number of ether oxygens (including phenoxy) is 2. The molecule has 31 heavy (non-hydrogen) atoms. The van der Waals surface area contributed by atoms with Gasteiger partial charge in [-0.05, 0) is 48.4 Å². The van der Waals surface area contributed by atoms with Crippen LogP contribution in [0.25, 0.3) is 6.08 Å². The van der Waals surface area contributed by atoms with Gasteiger partial charge in [-0.25, -0.2) is 0 Å². The highest BCUT2D eigenvalue weighted by molar-refractivity contribution is 6.42. The fraction of sp³-hybridized carbons (Fsp3) is 0.167. The lowest BCUT2D eigenvalue weighted by molar-refractivity contribution is 0.0876. The number of halogens is 2. The highest BCUT2D eigenvalue weighted by Gasteiger charge is 2.33. The van der Waals surface area contributed by atoms with Gasteiger partial charge in [-0.3, -0.25) is 14.7 Å². The predicted molar refractivity (Wildman–Crippen MR) is 120 cm³/mol. The molecule has 7 heteroatoms. The Morgan fingerprint density at radius 3 is 2.81 bits per heavy atom. The van der Waals surface area contributed by atoms with E-state index in [1.54, 1.807) is 30.5 Å². The van der Waals surface area contributed by atoms with Crippen molar-refractivity contribution in [2.75, 3.05) is 6.73 Å². The third-order valence-corrected chi connectivity index (χ3v) is 6.11. The Morgan fingerprint density at radius 2 is 2.03 bits per heavy atom. The van der Waals surface area contributed by atoms with Gasteiger partial charge in [-0.2, -0.15) is 0 Å². The molecular formula is C24H18Cl2N2O3. The molecule has 0 atom stereocenters. The Labute approximate surface area is 189 Å². The number of carbonyl (C=O) groups is 1. The van der Waals surface area contributed by atoms with Gasteiger partial charge >= 0.3 is 0 Å². The maximum atomic E-state index is 13.0. The fourth-order valence-corrected chi connectivity index (χ4v) is 4.21. The zero-order valence-corrected chi connectivity index (χ0v) is 18.2. The molecule has 156 valence electrons. The molecule has 0 radical (unpaired) electrons. The third-order valence-electron chi connectivity index (χ3n) is 5.37. The van der Waals surface area contributed by atoms with Gasteiger partial charge < -0.3 is 9.47 Å². The monoisotopic (exact) mass is 452 g/mol. The van der Waals surface area contributed by atoms with Crippen LogP contribution in [0.3, 0.4) is 0 Å². The number of rotatable bonds is 3. The molecule has 0 aliphatic carbocycles. The van der Waals surface area contributed by atoms with Gasteiger partial charge in [0.1, 0.15) is 18.2 Å². The van der Waals surface area contributed by atoms with Crippen LogP contribution in [0.5, 0.6) is 11.5 Å². The molecule has 5 rings (SSSR count). The average Bonchev–Trinajstić information content (AvgIpc) is 3.07. The van der Waals surface area contributed by atoms with Gasteiger partial charge in [-0.15, -0.1) is 0 Å². The van der Waals surface area contributed by atoms with Crippen LogP contribution in [0.1, 0.15) is 32.6 Å². The van der Waals surface area contributed by atoms with E-state index in [2.05, 4.69) is 9.88 Å². The summed E-state index contributed by atoms with van der Waals surface area (Å²) in [6, 6.07) is 11.0. The Balaban J connectivity index is 1.43. The van der Waals surface area contributed by atoms with Gasteiger partial charge in [0.25, 0.3) is 0 Å². The first-order chi connectivity index (χ1) is 15.0. The summed E-state index contributed by atoms with van der Waals surface area (Å²) < 4.78 is 12.0. The maximum Gasteiger partial charge on any atom is 0.231 e. The van der Waals surface area contributed by atoms with Crippen LogP contribution < -0.4 is 9.47 Å². The van der Waals surface area contributed by atoms with Crippen molar-refractivity contribution in [2.45, 2.75) is 20.0 Å². The minimum Gasteiger partial charge on any atom is -0.477 e. The Bertz CT molecular complexity index is 1230. The Hall–Kier alpha value is -2.86. The standard InChI is InChI=1S/C24H18Cl2N2O3/c1-14-23-17(12-28(13-30-23)11-16-3-2-6-27-10-16)9-18-22(29)21(31-24(14)18)8-15-4-5-19(25)20(26)7-15/h2-10H,11-13H2,1H3/b21-8-. The average molecular weight is 453 g/mol. The van der Waals surface area contributed by atoms with Crippen molar-refractivity contribution < 1.29 is 14.3 Å². The molecule has 0 fully saturated rings. The lowest BCUT2D eigenvalue weighted by Crippen LogP contribution is -2.32. The number of Topliss-reactive ketones (excluding diaryl/α,β-unsaturated/α-hetero) is 1. The van der Waals surface area contributed by atoms with Crippen molar-refractivity contribution in [1.82, 2.24) is 9.88 Å². The molecule has 3 aromatic rings. The summed E-state index contributed by atoms with van der Waals surface area (Å²) >= 11 is 12.1. The highest BCUT2D eigenvalue weighted by atomic mass is 35.5. The molecule has 0 spiro atoms. The number of aromatic nitrogens is 1. The first-order valence-corrected chi connectivity index (χ1v) is 10.5. The summed E-state index contributed by atoms with van der Waals surface area (Å²) in [7, 11) is 0. The van der Waals surface area contributed by atoms with Crippen molar-refractivity contribution >= 4 is 35.1 Å². The molecule has 0 saturated heterocycles. The summed E-state index contributed by atoms with van der Waals surface area (Å²) in [5, 5.41) is 0.884. The summed E-state index contributed by atoms with van der Waals surface area (Å²) in [5.74, 6) is 1.43. The van der Waals surface area contributed by atoms with Crippen molar-refractivity contribution in [3.63, 3.8) is 0 Å². The van der Waals surface area contributed by atoms with Gasteiger partial charge in [-0.1, -0.05) is 35.3 Å². The quantitative estimate of drug-likeness (QED) is 0.479. The van der Waals surface area contributed by atoms with E-state index in [4.69, 9.17) is 32.7 Å². The lowest BCUT2D eigenvalue weighted by atomic mass is 10.00. The second-order valence-corrected chi connectivity index (χ2v) is 8.42. The molecule has 2 aliphatic rings. The van der Waals surface area contributed by atoms with E-state index in [0.717, 1.165) is 34.5 Å². The number of nitrogens with zero attached hydrogens (tertiary/aromatic N) is 2. The highest BCUT2D eigenvalue weighted by Crippen LogP contribution is 2.43. The zero-order valence-electron chi connectivity index (χ0n) is 16.7. The summed E-state index contributed by atoms with van der Waals surface area (Å²) in [4.78, 5) is 19.4. The van der Waals surface area contributed by atoms with Crippen LogP contribution >= 0.6 is 23.2 Å².